The van der Waals surface area contributed by atoms with Crippen LogP contribution in [0.2, 0.25) is 0 Å². The number of fused-ring (bicyclic) bond motifs is 1. The molecule has 4 nitrogen and oxygen atoms in total. The van der Waals surface area contributed by atoms with E-state index in [1.165, 1.54) is 24.6 Å². The van der Waals surface area contributed by atoms with Crippen molar-refractivity contribution < 1.29 is 21.6 Å². The fourth-order valence-electron chi connectivity index (χ4n) is 2.79. The molecule has 2 aromatic rings. The van der Waals surface area contributed by atoms with Gasteiger partial charge in [0.15, 0.2) is 0 Å². The van der Waals surface area contributed by atoms with Crippen LogP contribution in [-0.2, 0) is 35.8 Å². The van der Waals surface area contributed by atoms with Gasteiger partial charge in [-0.05, 0) is 41.3 Å². The Kier molecular flexibility index (Phi) is 4.61. The summed E-state index contributed by atoms with van der Waals surface area (Å²) in [4.78, 5) is -0.395. The van der Waals surface area contributed by atoms with E-state index in [-0.39, 0.29) is 12.1 Å². The number of halogens is 3. The number of rotatable bonds is 4. The number of sulfonamides is 1. The molecule has 25 heavy (non-hydrogen) atoms. The lowest BCUT2D eigenvalue weighted by molar-refractivity contribution is -0.138. The molecule has 0 aliphatic carbocycles. The van der Waals surface area contributed by atoms with Gasteiger partial charge in [-0.15, -0.1) is 0 Å². The third kappa shape index (κ3) is 3.86. The molecule has 134 valence electrons. The highest BCUT2D eigenvalue weighted by atomic mass is 32.2. The second-order valence-electron chi connectivity index (χ2n) is 6.01. The van der Waals surface area contributed by atoms with Crippen LogP contribution in [0.3, 0.4) is 0 Å². The van der Waals surface area contributed by atoms with Gasteiger partial charge in [-0.3, -0.25) is 0 Å². The highest BCUT2D eigenvalue weighted by Crippen LogP contribution is 2.33. The number of benzene rings is 2. The van der Waals surface area contributed by atoms with Gasteiger partial charge in [0, 0.05) is 19.6 Å². The summed E-state index contributed by atoms with van der Waals surface area (Å²) in [6.07, 6.45) is -4.59. The molecule has 0 aromatic heterocycles. The van der Waals surface area contributed by atoms with E-state index >= 15 is 0 Å². The largest absolute Gasteiger partial charge is 0.416 e. The molecule has 1 aliphatic rings. The number of aryl methyl sites for hydroxylation is 1. The van der Waals surface area contributed by atoms with E-state index in [1.54, 1.807) is 0 Å². The molecule has 2 N–H and O–H groups in total. The van der Waals surface area contributed by atoms with Gasteiger partial charge in [0.05, 0.1) is 10.5 Å². The fourth-order valence-corrected chi connectivity index (χ4v) is 3.84. The fraction of sp³-hybridized carbons (Fsp3) is 0.294. The molecule has 8 heteroatoms. The third-order valence-corrected chi connectivity index (χ3v) is 5.59. The molecule has 1 heterocycles. The van der Waals surface area contributed by atoms with Gasteiger partial charge >= 0.3 is 6.18 Å². The van der Waals surface area contributed by atoms with Gasteiger partial charge in [0.2, 0.25) is 10.0 Å². The van der Waals surface area contributed by atoms with Crippen LogP contribution in [-0.4, -0.2) is 8.42 Å². The molecule has 0 saturated carbocycles. The SMILES string of the molecule is Cc1ccc(S(=O)(=O)NCc2ccc3c(c2)CNC3)cc1C(F)(F)F. The molecule has 0 radical (unpaired) electrons. The van der Waals surface area contributed by atoms with Crippen molar-refractivity contribution in [2.24, 2.45) is 0 Å². The molecular weight excluding hydrogens is 353 g/mol. The predicted octanol–water partition coefficient (Wildman–Crippen LogP) is 3.10. The molecule has 0 atom stereocenters. The molecule has 0 spiro atoms. The molecule has 0 bridgehead atoms. The first-order chi connectivity index (χ1) is 11.7. The average Bonchev–Trinajstić information content (AvgIpc) is 2.99. The van der Waals surface area contributed by atoms with Gasteiger partial charge in [-0.1, -0.05) is 24.3 Å². The quantitative estimate of drug-likeness (QED) is 0.870. The second kappa shape index (κ2) is 6.44. The van der Waals surface area contributed by atoms with Crippen molar-refractivity contribution >= 4 is 10.0 Å². The summed E-state index contributed by atoms with van der Waals surface area (Å²) in [7, 11) is -4.04. The molecule has 1 aliphatic heterocycles. The van der Waals surface area contributed by atoms with Gasteiger partial charge in [-0.25, -0.2) is 13.1 Å². The molecular formula is C17H17F3N2O2S. The summed E-state index contributed by atoms with van der Waals surface area (Å²) in [6, 6.07) is 8.65. The zero-order valence-electron chi connectivity index (χ0n) is 13.4. The van der Waals surface area contributed by atoms with Crippen LogP contribution >= 0.6 is 0 Å². The van der Waals surface area contributed by atoms with Crippen LogP contribution in [0.15, 0.2) is 41.3 Å². The molecule has 0 fully saturated rings. The Morgan fingerprint density at radius 2 is 1.80 bits per heavy atom. The lowest BCUT2D eigenvalue weighted by Gasteiger charge is -2.13. The summed E-state index contributed by atoms with van der Waals surface area (Å²) in [5, 5.41) is 3.19. The minimum atomic E-state index is -4.59. The lowest BCUT2D eigenvalue weighted by atomic mass is 10.1. The van der Waals surface area contributed by atoms with E-state index in [4.69, 9.17) is 0 Å². The van der Waals surface area contributed by atoms with Crippen molar-refractivity contribution in [3.8, 4) is 0 Å². The Morgan fingerprint density at radius 3 is 2.52 bits per heavy atom. The average molecular weight is 370 g/mol. The topological polar surface area (TPSA) is 58.2 Å². The van der Waals surface area contributed by atoms with E-state index < -0.39 is 26.7 Å². The maximum Gasteiger partial charge on any atom is 0.416 e. The lowest BCUT2D eigenvalue weighted by Crippen LogP contribution is -2.24. The number of hydrogen-bond donors (Lipinski definition) is 2. The van der Waals surface area contributed by atoms with E-state index in [0.717, 1.165) is 24.2 Å². The summed E-state index contributed by atoms with van der Waals surface area (Å²) in [5.74, 6) is 0. The molecule has 0 saturated heterocycles. The summed E-state index contributed by atoms with van der Waals surface area (Å²) in [5.41, 5.74) is 2.07. The van der Waals surface area contributed by atoms with Crippen LogP contribution in [0.1, 0.15) is 27.8 Å². The maximum atomic E-state index is 13.0. The Hall–Kier alpha value is -1.90. The van der Waals surface area contributed by atoms with Crippen LogP contribution in [0.4, 0.5) is 13.2 Å². The van der Waals surface area contributed by atoms with Crippen LogP contribution < -0.4 is 10.0 Å². The second-order valence-corrected chi connectivity index (χ2v) is 7.77. The van der Waals surface area contributed by atoms with Crippen molar-refractivity contribution in [2.45, 2.75) is 37.6 Å². The minimum absolute atomic E-state index is 0.0161. The van der Waals surface area contributed by atoms with Crippen LogP contribution in [0.25, 0.3) is 0 Å². The Labute approximate surface area is 144 Å². The first-order valence-corrected chi connectivity index (χ1v) is 9.14. The minimum Gasteiger partial charge on any atom is -0.309 e. The van der Waals surface area contributed by atoms with Crippen molar-refractivity contribution in [3.63, 3.8) is 0 Å². The Bertz CT molecular complexity index is 909. The van der Waals surface area contributed by atoms with Gasteiger partial charge in [0.1, 0.15) is 0 Å². The van der Waals surface area contributed by atoms with Gasteiger partial charge in [-0.2, -0.15) is 13.2 Å². The zero-order chi connectivity index (χ0) is 18.2. The predicted molar refractivity (Wildman–Crippen MR) is 87.2 cm³/mol. The van der Waals surface area contributed by atoms with E-state index in [1.807, 2.05) is 18.2 Å². The Balaban J connectivity index is 1.80. The third-order valence-electron chi connectivity index (χ3n) is 4.19. The number of nitrogens with one attached hydrogen (secondary N) is 2. The zero-order valence-corrected chi connectivity index (χ0v) is 14.3. The highest BCUT2D eigenvalue weighted by molar-refractivity contribution is 7.89. The molecule has 3 rings (SSSR count). The van der Waals surface area contributed by atoms with Crippen molar-refractivity contribution in [3.05, 3.63) is 64.2 Å². The standard InChI is InChI=1S/C17H17F3N2O2S/c1-11-2-5-15(7-16(11)17(18,19)20)25(23,24)22-8-12-3-4-13-9-21-10-14(13)6-12/h2-7,21-22H,8-10H2,1H3. The maximum absolute atomic E-state index is 13.0. The molecule has 2 aromatic carbocycles. The highest BCUT2D eigenvalue weighted by Gasteiger charge is 2.33. The molecule has 0 amide bonds. The van der Waals surface area contributed by atoms with E-state index in [2.05, 4.69) is 10.0 Å². The van der Waals surface area contributed by atoms with Gasteiger partial charge < -0.3 is 5.32 Å². The first kappa shape index (κ1) is 17.9. The number of hydrogen-bond acceptors (Lipinski definition) is 3. The summed E-state index contributed by atoms with van der Waals surface area (Å²) in [6.45, 7) is 2.82. The van der Waals surface area contributed by atoms with Crippen molar-refractivity contribution in [1.82, 2.24) is 10.0 Å². The summed E-state index contributed by atoms with van der Waals surface area (Å²) < 4.78 is 66.0. The van der Waals surface area contributed by atoms with E-state index in [0.29, 0.717) is 6.07 Å². The van der Waals surface area contributed by atoms with Gasteiger partial charge in [0.25, 0.3) is 0 Å². The van der Waals surface area contributed by atoms with E-state index in [9.17, 15) is 21.6 Å². The van der Waals surface area contributed by atoms with Crippen LogP contribution in [0.5, 0.6) is 0 Å². The monoisotopic (exact) mass is 370 g/mol. The van der Waals surface area contributed by atoms with Crippen molar-refractivity contribution in [1.29, 1.82) is 0 Å². The number of alkyl halides is 3. The summed E-state index contributed by atoms with van der Waals surface area (Å²) >= 11 is 0. The Morgan fingerprint density at radius 1 is 1.08 bits per heavy atom. The van der Waals surface area contributed by atoms with Crippen LogP contribution in [0, 0.1) is 6.92 Å². The molecule has 0 unspecified atom stereocenters. The smallest absolute Gasteiger partial charge is 0.309 e. The first-order valence-electron chi connectivity index (χ1n) is 7.66. The normalized spacial score (nSPS) is 14.6. The van der Waals surface area contributed by atoms with Crippen molar-refractivity contribution in [2.75, 3.05) is 0 Å².